The molecule has 1 atom stereocenters. The number of hydrogen-bond donors (Lipinski definition) is 3. The molecule has 138 valence electrons. The normalized spacial score (nSPS) is 13.5. The van der Waals surface area contributed by atoms with Gasteiger partial charge in [0.2, 0.25) is 5.91 Å². The van der Waals surface area contributed by atoms with Crippen molar-refractivity contribution in [1.82, 2.24) is 5.32 Å². The first-order chi connectivity index (χ1) is 10.7. The van der Waals surface area contributed by atoms with E-state index in [1.54, 1.807) is 27.7 Å². The van der Waals surface area contributed by atoms with E-state index in [9.17, 15) is 29.4 Å². The minimum Gasteiger partial charge on any atom is -0.481 e. The van der Waals surface area contributed by atoms with Crippen LogP contribution in [0.15, 0.2) is 0 Å². The lowest BCUT2D eigenvalue weighted by molar-refractivity contribution is -0.151. The van der Waals surface area contributed by atoms with Crippen molar-refractivity contribution in [3.8, 4) is 0 Å². The monoisotopic (exact) mass is 343 g/mol. The van der Waals surface area contributed by atoms with E-state index in [4.69, 9.17) is 0 Å². The average molecular weight is 343 g/mol. The minimum absolute atomic E-state index is 0.0104. The SMILES string of the molecule is CC(C)C(=O)CC[C@H](NC(=O)C(C)(C)CC(C)(C)C(=O)O)C(=O)O. The number of carbonyl (C=O) groups excluding carboxylic acids is 2. The summed E-state index contributed by atoms with van der Waals surface area (Å²) < 4.78 is 0. The maximum absolute atomic E-state index is 12.4. The van der Waals surface area contributed by atoms with Gasteiger partial charge in [0.05, 0.1) is 5.41 Å². The zero-order valence-corrected chi connectivity index (χ0v) is 15.3. The van der Waals surface area contributed by atoms with E-state index in [2.05, 4.69) is 5.32 Å². The van der Waals surface area contributed by atoms with Crippen molar-refractivity contribution < 1.29 is 29.4 Å². The Kier molecular flexibility index (Phi) is 7.60. The number of rotatable bonds is 10. The van der Waals surface area contributed by atoms with E-state index in [0.29, 0.717) is 0 Å². The van der Waals surface area contributed by atoms with Crippen molar-refractivity contribution in [2.75, 3.05) is 0 Å². The van der Waals surface area contributed by atoms with Crippen molar-refractivity contribution in [3.05, 3.63) is 0 Å². The summed E-state index contributed by atoms with van der Waals surface area (Å²) in [5, 5.41) is 20.9. The zero-order chi connectivity index (χ0) is 19.3. The molecular weight excluding hydrogens is 314 g/mol. The molecule has 0 heterocycles. The Bertz CT molecular complexity index is 507. The lowest BCUT2D eigenvalue weighted by Crippen LogP contribution is -2.48. The van der Waals surface area contributed by atoms with Gasteiger partial charge < -0.3 is 15.5 Å². The van der Waals surface area contributed by atoms with Crippen LogP contribution in [0.2, 0.25) is 0 Å². The Morgan fingerprint density at radius 1 is 0.958 bits per heavy atom. The fourth-order valence-electron chi connectivity index (χ4n) is 2.45. The van der Waals surface area contributed by atoms with Crippen LogP contribution in [-0.4, -0.2) is 39.9 Å². The average Bonchev–Trinajstić information content (AvgIpc) is 2.40. The van der Waals surface area contributed by atoms with E-state index >= 15 is 0 Å². The lowest BCUT2D eigenvalue weighted by Gasteiger charge is -2.32. The van der Waals surface area contributed by atoms with Crippen LogP contribution in [0.5, 0.6) is 0 Å². The van der Waals surface area contributed by atoms with Gasteiger partial charge in [-0.05, 0) is 26.7 Å². The predicted octanol–water partition coefficient (Wildman–Crippen LogP) is 2.09. The molecule has 0 unspecified atom stereocenters. The van der Waals surface area contributed by atoms with E-state index < -0.39 is 34.7 Å². The second-order valence-corrected chi connectivity index (χ2v) is 7.77. The van der Waals surface area contributed by atoms with Gasteiger partial charge in [0.25, 0.3) is 0 Å². The molecule has 3 N–H and O–H groups in total. The first kappa shape index (κ1) is 22.1. The van der Waals surface area contributed by atoms with Gasteiger partial charge in [0.15, 0.2) is 0 Å². The molecule has 0 aromatic rings. The summed E-state index contributed by atoms with van der Waals surface area (Å²) in [6.45, 7) is 9.64. The number of nitrogens with one attached hydrogen (secondary N) is 1. The molecule has 24 heavy (non-hydrogen) atoms. The highest BCUT2D eigenvalue weighted by Gasteiger charge is 2.40. The molecule has 0 aromatic heterocycles. The van der Waals surface area contributed by atoms with Gasteiger partial charge in [0, 0.05) is 17.8 Å². The molecule has 0 aromatic carbocycles. The Hall–Kier alpha value is -1.92. The van der Waals surface area contributed by atoms with Crippen LogP contribution in [0.25, 0.3) is 0 Å². The number of carboxylic acids is 2. The number of aliphatic carboxylic acids is 2. The molecule has 0 spiro atoms. The maximum Gasteiger partial charge on any atom is 0.326 e. The van der Waals surface area contributed by atoms with Crippen molar-refractivity contribution >= 4 is 23.6 Å². The van der Waals surface area contributed by atoms with E-state index in [-0.39, 0.29) is 31.0 Å². The molecule has 7 nitrogen and oxygen atoms in total. The van der Waals surface area contributed by atoms with Crippen LogP contribution < -0.4 is 5.32 Å². The molecule has 0 bridgehead atoms. The summed E-state index contributed by atoms with van der Waals surface area (Å²) in [4.78, 5) is 46.6. The number of hydrogen-bond acceptors (Lipinski definition) is 4. The van der Waals surface area contributed by atoms with E-state index in [0.717, 1.165) is 0 Å². The number of Topliss-reactive ketones (excluding diaryl/α,β-unsaturated/α-hetero) is 1. The van der Waals surface area contributed by atoms with Crippen molar-refractivity contribution in [1.29, 1.82) is 0 Å². The maximum atomic E-state index is 12.4. The minimum atomic E-state index is -1.21. The highest BCUT2D eigenvalue weighted by Crippen LogP contribution is 2.34. The Morgan fingerprint density at radius 3 is 1.83 bits per heavy atom. The standard InChI is InChI=1S/C17H29NO6/c1-10(2)12(19)8-7-11(13(20)21)18-14(22)16(3,4)9-17(5,6)15(23)24/h10-11H,7-9H2,1-6H3,(H,18,22)(H,20,21)(H,23,24)/t11-/m0/s1. The van der Waals surface area contributed by atoms with Gasteiger partial charge in [-0.1, -0.05) is 27.7 Å². The summed E-state index contributed by atoms with van der Waals surface area (Å²) in [5.41, 5.74) is -2.18. The van der Waals surface area contributed by atoms with Crippen molar-refractivity contribution in [2.45, 2.75) is 66.8 Å². The lowest BCUT2D eigenvalue weighted by atomic mass is 9.74. The van der Waals surface area contributed by atoms with Crippen molar-refractivity contribution in [2.24, 2.45) is 16.7 Å². The molecule has 7 heteroatoms. The first-order valence-corrected chi connectivity index (χ1v) is 8.00. The Labute approximate surface area is 142 Å². The van der Waals surface area contributed by atoms with Crippen LogP contribution >= 0.6 is 0 Å². The summed E-state index contributed by atoms with van der Waals surface area (Å²) in [6, 6.07) is -1.17. The molecule has 0 radical (unpaired) electrons. The van der Waals surface area contributed by atoms with Crippen LogP contribution in [0.4, 0.5) is 0 Å². The van der Waals surface area contributed by atoms with Gasteiger partial charge in [-0.15, -0.1) is 0 Å². The molecule has 0 aliphatic rings. The molecule has 0 rings (SSSR count). The fraction of sp³-hybridized carbons (Fsp3) is 0.765. The molecule has 1 amide bonds. The van der Waals surface area contributed by atoms with Gasteiger partial charge in [-0.25, -0.2) is 4.79 Å². The highest BCUT2D eigenvalue weighted by atomic mass is 16.4. The van der Waals surface area contributed by atoms with E-state index in [1.807, 2.05) is 0 Å². The Morgan fingerprint density at radius 2 is 1.46 bits per heavy atom. The van der Waals surface area contributed by atoms with Gasteiger partial charge in [-0.2, -0.15) is 0 Å². The third kappa shape index (κ3) is 6.68. The molecule has 0 aliphatic carbocycles. The predicted molar refractivity (Wildman–Crippen MR) is 88.5 cm³/mol. The number of carboxylic acid groups (broad SMARTS) is 2. The number of ketones is 1. The highest BCUT2D eigenvalue weighted by molar-refractivity contribution is 5.88. The smallest absolute Gasteiger partial charge is 0.326 e. The van der Waals surface area contributed by atoms with Crippen LogP contribution in [0.1, 0.15) is 60.8 Å². The molecular formula is C17H29NO6. The largest absolute Gasteiger partial charge is 0.481 e. The summed E-state index contributed by atoms with van der Waals surface area (Å²) in [6.07, 6.45) is 0.130. The van der Waals surface area contributed by atoms with Gasteiger partial charge in [-0.3, -0.25) is 14.4 Å². The first-order valence-electron chi connectivity index (χ1n) is 8.00. The van der Waals surface area contributed by atoms with Gasteiger partial charge in [0.1, 0.15) is 11.8 Å². The molecule has 0 saturated carbocycles. The summed E-state index contributed by atoms with van der Waals surface area (Å²) >= 11 is 0. The fourth-order valence-corrected chi connectivity index (χ4v) is 2.45. The van der Waals surface area contributed by atoms with Crippen LogP contribution in [-0.2, 0) is 19.2 Å². The summed E-state index contributed by atoms with van der Waals surface area (Å²) in [7, 11) is 0. The van der Waals surface area contributed by atoms with E-state index in [1.165, 1.54) is 13.8 Å². The number of carbonyl (C=O) groups is 4. The van der Waals surface area contributed by atoms with Crippen LogP contribution in [0.3, 0.4) is 0 Å². The quantitative estimate of drug-likeness (QED) is 0.558. The zero-order valence-electron chi connectivity index (χ0n) is 15.3. The summed E-state index contributed by atoms with van der Waals surface area (Å²) in [5.74, 6) is -3.04. The molecule has 0 fully saturated rings. The number of amides is 1. The second kappa shape index (κ2) is 8.26. The Balaban J connectivity index is 4.96. The van der Waals surface area contributed by atoms with Gasteiger partial charge >= 0.3 is 11.9 Å². The third-order valence-electron chi connectivity index (χ3n) is 4.00. The third-order valence-corrected chi connectivity index (χ3v) is 4.00. The van der Waals surface area contributed by atoms with Crippen LogP contribution in [0, 0.1) is 16.7 Å². The molecule has 0 saturated heterocycles. The molecule has 0 aliphatic heterocycles. The van der Waals surface area contributed by atoms with Crippen molar-refractivity contribution in [3.63, 3.8) is 0 Å². The second-order valence-electron chi connectivity index (χ2n) is 7.77. The topological polar surface area (TPSA) is 121 Å².